The molecule has 0 aliphatic rings. The van der Waals surface area contributed by atoms with Gasteiger partial charge in [-0.25, -0.2) is 4.98 Å². The number of hydrogen-bond donors (Lipinski definition) is 1. The molecule has 0 fully saturated rings. The first-order valence-corrected chi connectivity index (χ1v) is 6.16. The molecule has 1 N–H and O–H groups in total. The number of nitrogens with one attached hydrogen (secondary N) is 1. The molecule has 1 rings (SSSR count). The number of aromatic nitrogens is 2. The largest absolute Gasteiger partial charge is 0.433 e. The molecule has 1 aromatic rings. The number of hydrogen-bond acceptors (Lipinski definition) is 4. The Bertz CT molecular complexity index is 418. The third-order valence-electron chi connectivity index (χ3n) is 2.52. The summed E-state index contributed by atoms with van der Waals surface area (Å²) < 4.78 is 38.3. The van der Waals surface area contributed by atoms with Crippen molar-refractivity contribution in [1.82, 2.24) is 9.97 Å². The second-order valence-electron chi connectivity index (χ2n) is 4.62. The standard InChI is InChI=1S/C12H19F3N4/c1-5-19(7-8(2)3)10-6-9(12(13,14)15)17-11(16-4)18-10/h6,8H,5,7H2,1-4H3,(H,16,17,18). The van der Waals surface area contributed by atoms with E-state index in [9.17, 15) is 13.2 Å². The van der Waals surface area contributed by atoms with Crippen LogP contribution in [0.3, 0.4) is 0 Å². The van der Waals surface area contributed by atoms with Crippen molar-refractivity contribution < 1.29 is 13.2 Å². The third-order valence-corrected chi connectivity index (χ3v) is 2.52. The van der Waals surface area contributed by atoms with Crippen LogP contribution < -0.4 is 10.2 Å². The lowest BCUT2D eigenvalue weighted by Crippen LogP contribution is -2.29. The van der Waals surface area contributed by atoms with E-state index < -0.39 is 11.9 Å². The van der Waals surface area contributed by atoms with Gasteiger partial charge in [-0.1, -0.05) is 13.8 Å². The van der Waals surface area contributed by atoms with Crippen LogP contribution in [0.25, 0.3) is 0 Å². The quantitative estimate of drug-likeness (QED) is 0.897. The number of alkyl halides is 3. The Balaban J connectivity index is 3.18. The van der Waals surface area contributed by atoms with Crippen molar-refractivity contribution in [3.8, 4) is 0 Å². The van der Waals surface area contributed by atoms with E-state index >= 15 is 0 Å². The zero-order valence-corrected chi connectivity index (χ0v) is 11.5. The first-order chi connectivity index (χ1) is 8.77. The summed E-state index contributed by atoms with van der Waals surface area (Å²) in [6.45, 7) is 7.14. The lowest BCUT2D eigenvalue weighted by atomic mass is 10.2. The molecule has 0 unspecified atom stereocenters. The van der Waals surface area contributed by atoms with E-state index in [2.05, 4.69) is 15.3 Å². The van der Waals surface area contributed by atoms with Crippen LogP contribution in [0.5, 0.6) is 0 Å². The monoisotopic (exact) mass is 276 g/mol. The van der Waals surface area contributed by atoms with Gasteiger partial charge < -0.3 is 10.2 Å². The van der Waals surface area contributed by atoms with Crippen molar-refractivity contribution in [1.29, 1.82) is 0 Å². The van der Waals surface area contributed by atoms with Gasteiger partial charge in [0, 0.05) is 26.2 Å². The van der Waals surface area contributed by atoms with Crippen LogP contribution in [0.15, 0.2) is 6.07 Å². The second kappa shape index (κ2) is 6.08. The maximum atomic E-state index is 12.8. The Hall–Kier alpha value is -1.53. The molecule has 7 heteroatoms. The van der Waals surface area contributed by atoms with Gasteiger partial charge in [-0.2, -0.15) is 18.2 Å². The van der Waals surface area contributed by atoms with Gasteiger partial charge in [0.2, 0.25) is 5.95 Å². The lowest BCUT2D eigenvalue weighted by Gasteiger charge is -2.25. The Morgan fingerprint density at radius 3 is 2.37 bits per heavy atom. The normalized spacial score (nSPS) is 11.8. The summed E-state index contributed by atoms with van der Waals surface area (Å²) in [5.41, 5.74) is -0.927. The molecule has 1 heterocycles. The molecule has 0 saturated carbocycles. The van der Waals surface area contributed by atoms with E-state index in [0.717, 1.165) is 6.07 Å². The van der Waals surface area contributed by atoms with Crippen molar-refractivity contribution in [3.63, 3.8) is 0 Å². The highest BCUT2D eigenvalue weighted by atomic mass is 19.4. The van der Waals surface area contributed by atoms with Gasteiger partial charge in [0.25, 0.3) is 0 Å². The van der Waals surface area contributed by atoms with Crippen molar-refractivity contribution >= 4 is 11.8 Å². The van der Waals surface area contributed by atoms with Crippen molar-refractivity contribution in [2.75, 3.05) is 30.4 Å². The smallest absolute Gasteiger partial charge is 0.357 e. The second-order valence-corrected chi connectivity index (χ2v) is 4.62. The summed E-state index contributed by atoms with van der Waals surface area (Å²) >= 11 is 0. The van der Waals surface area contributed by atoms with E-state index in [1.807, 2.05) is 25.7 Å². The minimum Gasteiger partial charge on any atom is -0.357 e. The number of nitrogens with zero attached hydrogens (tertiary/aromatic N) is 3. The summed E-state index contributed by atoms with van der Waals surface area (Å²) in [6, 6.07) is 0.993. The summed E-state index contributed by atoms with van der Waals surface area (Å²) in [5, 5.41) is 2.56. The molecule has 0 aromatic carbocycles. The fraction of sp³-hybridized carbons (Fsp3) is 0.667. The van der Waals surface area contributed by atoms with E-state index in [-0.39, 0.29) is 5.95 Å². The van der Waals surface area contributed by atoms with Gasteiger partial charge in [0.1, 0.15) is 5.82 Å². The highest BCUT2D eigenvalue weighted by Crippen LogP contribution is 2.30. The molecular formula is C12H19F3N4. The first kappa shape index (κ1) is 15.5. The fourth-order valence-corrected chi connectivity index (χ4v) is 1.68. The molecule has 0 amide bonds. The molecule has 108 valence electrons. The molecule has 0 atom stereocenters. The number of rotatable bonds is 5. The Morgan fingerprint density at radius 1 is 1.32 bits per heavy atom. The molecule has 0 radical (unpaired) electrons. The van der Waals surface area contributed by atoms with Crippen molar-refractivity contribution in [2.24, 2.45) is 5.92 Å². The highest BCUT2D eigenvalue weighted by Gasteiger charge is 2.34. The topological polar surface area (TPSA) is 41.1 Å². The van der Waals surface area contributed by atoms with Crippen LogP contribution >= 0.6 is 0 Å². The van der Waals surface area contributed by atoms with Crippen LogP contribution in [0.4, 0.5) is 24.9 Å². The van der Waals surface area contributed by atoms with Gasteiger partial charge in [-0.3, -0.25) is 0 Å². The van der Waals surface area contributed by atoms with E-state index in [1.54, 1.807) is 0 Å². The summed E-state index contributed by atoms with van der Waals surface area (Å²) in [7, 11) is 1.50. The third kappa shape index (κ3) is 4.25. The van der Waals surface area contributed by atoms with E-state index in [4.69, 9.17) is 0 Å². The van der Waals surface area contributed by atoms with Gasteiger partial charge in [-0.05, 0) is 12.8 Å². The fourth-order valence-electron chi connectivity index (χ4n) is 1.68. The van der Waals surface area contributed by atoms with Crippen molar-refractivity contribution in [3.05, 3.63) is 11.8 Å². The summed E-state index contributed by atoms with van der Waals surface area (Å²) in [6.07, 6.45) is -4.47. The van der Waals surface area contributed by atoms with Crippen molar-refractivity contribution in [2.45, 2.75) is 26.9 Å². The van der Waals surface area contributed by atoms with Gasteiger partial charge >= 0.3 is 6.18 Å². The predicted molar refractivity (Wildman–Crippen MR) is 69.3 cm³/mol. The zero-order chi connectivity index (χ0) is 14.6. The zero-order valence-electron chi connectivity index (χ0n) is 11.5. The van der Waals surface area contributed by atoms with E-state index in [0.29, 0.717) is 24.8 Å². The highest BCUT2D eigenvalue weighted by molar-refractivity contribution is 5.45. The van der Waals surface area contributed by atoms with Gasteiger partial charge in [-0.15, -0.1) is 0 Å². The maximum absolute atomic E-state index is 12.8. The van der Waals surface area contributed by atoms with Crippen LogP contribution in [0, 0.1) is 5.92 Å². The molecular weight excluding hydrogens is 257 g/mol. The molecule has 19 heavy (non-hydrogen) atoms. The summed E-state index contributed by atoms with van der Waals surface area (Å²) in [5.74, 6) is 0.609. The average molecular weight is 276 g/mol. The van der Waals surface area contributed by atoms with E-state index in [1.165, 1.54) is 7.05 Å². The molecule has 4 nitrogen and oxygen atoms in total. The molecule has 0 aliphatic carbocycles. The minimum atomic E-state index is -4.47. The maximum Gasteiger partial charge on any atom is 0.433 e. The first-order valence-electron chi connectivity index (χ1n) is 6.16. The predicted octanol–water partition coefficient (Wildman–Crippen LogP) is 3.02. The van der Waals surface area contributed by atoms with Crippen LogP contribution in [-0.4, -0.2) is 30.1 Å². The van der Waals surface area contributed by atoms with Crippen LogP contribution in [0.2, 0.25) is 0 Å². The van der Waals surface area contributed by atoms with Gasteiger partial charge in [0.15, 0.2) is 5.69 Å². The molecule has 1 aromatic heterocycles. The molecule has 0 spiro atoms. The summed E-state index contributed by atoms with van der Waals surface area (Å²) in [4.78, 5) is 9.35. The minimum absolute atomic E-state index is 0.0213. The SMILES string of the molecule is CCN(CC(C)C)c1cc(C(F)(F)F)nc(NC)n1. The molecule has 0 aliphatic heterocycles. The van der Waals surface area contributed by atoms with Crippen LogP contribution in [0.1, 0.15) is 26.5 Å². The number of halogens is 3. The molecule has 0 saturated heterocycles. The average Bonchev–Trinajstić information content (AvgIpc) is 2.34. The molecule has 0 bridgehead atoms. The van der Waals surface area contributed by atoms with Gasteiger partial charge in [0.05, 0.1) is 0 Å². The Morgan fingerprint density at radius 2 is 1.95 bits per heavy atom. The lowest BCUT2D eigenvalue weighted by molar-refractivity contribution is -0.141. The van der Waals surface area contributed by atoms with Crippen LogP contribution in [-0.2, 0) is 6.18 Å². The Kier molecular flexibility index (Phi) is 4.97. The Labute approximate surface area is 111 Å². The number of anilines is 2.